The third-order valence-corrected chi connectivity index (χ3v) is 4.29. The zero-order valence-corrected chi connectivity index (χ0v) is 11.9. The molecule has 1 nitrogen and oxygen atoms in total. The molecule has 0 amide bonds. The second-order valence-electron chi connectivity index (χ2n) is 5.89. The molecule has 0 heterocycles. The minimum Gasteiger partial charge on any atom is -0.324 e. The monoisotopic (exact) mass is 287 g/mol. The van der Waals surface area contributed by atoms with Crippen molar-refractivity contribution >= 4 is 0 Å². The van der Waals surface area contributed by atoms with Gasteiger partial charge in [0.2, 0.25) is 0 Å². The Bertz CT molecular complexity index is 615. The van der Waals surface area contributed by atoms with E-state index in [0.29, 0.717) is 17.9 Å². The Labute approximate surface area is 123 Å². The molecular formula is C18H19F2N. The largest absolute Gasteiger partial charge is 0.324 e. The molecule has 0 aromatic heterocycles. The maximum Gasteiger partial charge on any atom is 0.126 e. The summed E-state index contributed by atoms with van der Waals surface area (Å²) in [6, 6.07) is 11.6. The van der Waals surface area contributed by atoms with Crippen LogP contribution in [0, 0.1) is 11.6 Å². The molecule has 0 saturated heterocycles. The number of hydrogen-bond acceptors (Lipinski definition) is 1. The average Bonchev–Trinajstić information content (AvgIpc) is 2.35. The third kappa shape index (κ3) is 3.30. The van der Waals surface area contributed by atoms with Crippen LogP contribution < -0.4 is 5.73 Å². The van der Waals surface area contributed by atoms with Crippen molar-refractivity contribution in [2.24, 2.45) is 5.73 Å². The first-order chi connectivity index (χ1) is 10.1. The third-order valence-electron chi connectivity index (χ3n) is 4.29. The van der Waals surface area contributed by atoms with Crippen molar-refractivity contribution in [2.45, 2.75) is 37.6 Å². The fourth-order valence-electron chi connectivity index (χ4n) is 2.89. The van der Waals surface area contributed by atoms with Crippen LogP contribution in [-0.2, 0) is 6.42 Å². The van der Waals surface area contributed by atoms with Crippen molar-refractivity contribution in [3.8, 4) is 0 Å². The van der Waals surface area contributed by atoms with Gasteiger partial charge in [0.25, 0.3) is 0 Å². The predicted molar refractivity (Wildman–Crippen MR) is 80.0 cm³/mol. The lowest BCUT2D eigenvalue weighted by Gasteiger charge is -2.26. The van der Waals surface area contributed by atoms with E-state index in [1.54, 1.807) is 0 Å². The topological polar surface area (TPSA) is 26.0 Å². The molecule has 110 valence electrons. The van der Waals surface area contributed by atoms with Crippen molar-refractivity contribution in [1.29, 1.82) is 0 Å². The van der Waals surface area contributed by atoms with Gasteiger partial charge in [-0.1, -0.05) is 30.7 Å². The molecule has 1 atom stereocenters. The number of nitrogens with two attached hydrogens (primary N) is 1. The summed E-state index contributed by atoms with van der Waals surface area (Å²) in [6.07, 6.45) is 4.22. The van der Waals surface area contributed by atoms with Gasteiger partial charge in [0.05, 0.1) is 0 Å². The van der Waals surface area contributed by atoms with Gasteiger partial charge in [-0.3, -0.25) is 0 Å². The van der Waals surface area contributed by atoms with E-state index in [-0.39, 0.29) is 6.04 Å². The Kier molecular flexibility index (Phi) is 4.02. The van der Waals surface area contributed by atoms with Crippen molar-refractivity contribution in [3.63, 3.8) is 0 Å². The number of rotatable bonds is 4. The zero-order valence-electron chi connectivity index (χ0n) is 11.9. The van der Waals surface area contributed by atoms with E-state index >= 15 is 0 Å². The maximum atomic E-state index is 13.2. The van der Waals surface area contributed by atoms with Crippen molar-refractivity contribution < 1.29 is 8.78 Å². The maximum absolute atomic E-state index is 13.2. The van der Waals surface area contributed by atoms with E-state index in [1.807, 2.05) is 12.1 Å². The van der Waals surface area contributed by atoms with E-state index < -0.39 is 11.6 Å². The molecule has 21 heavy (non-hydrogen) atoms. The highest BCUT2D eigenvalue weighted by atomic mass is 19.1. The zero-order chi connectivity index (χ0) is 14.8. The first-order valence-electron chi connectivity index (χ1n) is 7.42. The van der Waals surface area contributed by atoms with Gasteiger partial charge in [0, 0.05) is 12.1 Å². The average molecular weight is 287 g/mol. The molecule has 1 unspecified atom stereocenters. The van der Waals surface area contributed by atoms with E-state index in [1.165, 1.54) is 37.0 Å². The van der Waals surface area contributed by atoms with Crippen LogP contribution in [0.1, 0.15) is 47.9 Å². The first-order valence-corrected chi connectivity index (χ1v) is 7.42. The highest BCUT2D eigenvalue weighted by Gasteiger charge is 2.20. The van der Waals surface area contributed by atoms with Gasteiger partial charge < -0.3 is 5.73 Å². The highest BCUT2D eigenvalue weighted by molar-refractivity contribution is 5.31. The van der Waals surface area contributed by atoms with Gasteiger partial charge in [-0.25, -0.2) is 8.78 Å². The molecule has 1 aliphatic carbocycles. The van der Waals surface area contributed by atoms with E-state index in [2.05, 4.69) is 12.1 Å². The van der Waals surface area contributed by atoms with Crippen LogP contribution in [-0.4, -0.2) is 0 Å². The van der Waals surface area contributed by atoms with Gasteiger partial charge >= 0.3 is 0 Å². The minimum atomic E-state index is -0.555. The highest BCUT2D eigenvalue weighted by Crippen LogP contribution is 2.37. The summed E-state index contributed by atoms with van der Waals surface area (Å²) < 4.78 is 26.4. The fraction of sp³-hybridized carbons (Fsp3) is 0.333. The molecule has 2 aromatic rings. The van der Waals surface area contributed by atoms with Crippen LogP contribution in [0.4, 0.5) is 8.78 Å². The summed E-state index contributed by atoms with van der Waals surface area (Å²) in [5.74, 6) is -0.454. The molecule has 1 saturated carbocycles. The summed E-state index contributed by atoms with van der Waals surface area (Å²) in [7, 11) is 0. The first kappa shape index (κ1) is 14.2. The molecule has 1 fully saturated rings. The van der Waals surface area contributed by atoms with Gasteiger partial charge in [-0.15, -0.1) is 0 Å². The summed E-state index contributed by atoms with van der Waals surface area (Å²) >= 11 is 0. The second kappa shape index (κ2) is 5.94. The molecule has 0 spiro atoms. The Morgan fingerprint density at radius 1 is 1.05 bits per heavy atom. The minimum absolute atomic E-state index is 0.244. The Morgan fingerprint density at radius 2 is 1.76 bits per heavy atom. The Hall–Kier alpha value is -1.74. The van der Waals surface area contributed by atoms with Crippen molar-refractivity contribution in [1.82, 2.24) is 0 Å². The molecule has 3 rings (SSSR count). The number of benzene rings is 2. The molecular weight excluding hydrogens is 268 g/mol. The van der Waals surface area contributed by atoms with E-state index in [4.69, 9.17) is 5.73 Å². The van der Waals surface area contributed by atoms with Crippen LogP contribution in [0.5, 0.6) is 0 Å². The predicted octanol–water partition coefficient (Wildman–Crippen LogP) is 4.47. The van der Waals surface area contributed by atoms with Gasteiger partial charge in [0.15, 0.2) is 0 Å². The normalized spacial score (nSPS) is 16.5. The second-order valence-corrected chi connectivity index (χ2v) is 5.89. The van der Waals surface area contributed by atoms with Crippen LogP contribution in [0.3, 0.4) is 0 Å². The van der Waals surface area contributed by atoms with Crippen LogP contribution in [0.25, 0.3) is 0 Å². The number of hydrogen-bond donors (Lipinski definition) is 1. The van der Waals surface area contributed by atoms with Gasteiger partial charge in [-0.2, -0.15) is 0 Å². The summed E-state index contributed by atoms with van der Waals surface area (Å²) in [6.45, 7) is 0. The lowest BCUT2D eigenvalue weighted by atomic mass is 9.79. The van der Waals surface area contributed by atoms with Crippen LogP contribution >= 0.6 is 0 Å². The quantitative estimate of drug-likeness (QED) is 0.882. The Balaban J connectivity index is 1.76. The van der Waals surface area contributed by atoms with Gasteiger partial charge in [-0.05, 0) is 54.0 Å². The van der Waals surface area contributed by atoms with E-state index in [9.17, 15) is 8.78 Å². The molecule has 0 bridgehead atoms. The lowest BCUT2D eigenvalue weighted by molar-refractivity contribution is 0.419. The summed E-state index contributed by atoms with van der Waals surface area (Å²) in [5.41, 5.74) is 9.17. The molecule has 0 aliphatic heterocycles. The van der Waals surface area contributed by atoms with Gasteiger partial charge in [0.1, 0.15) is 11.6 Å². The molecule has 2 N–H and O–H groups in total. The summed E-state index contributed by atoms with van der Waals surface area (Å²) in [5, 5.41) is 0. The molecule has 1 aliphatic rings. The standard InChI is InChI=1S/C18H19F2N/c19-16-7-12(8-17(20)11-16)9-18(21)15-6-2-5-14(10-15)13-3-1-4-13/h2,5-8,10-11,13,18H,1,3-4,9,21H2. The molecule has 3 heteroatoms. The van der Waals surface area contributed by atoms with E-state index in [0.717, 1.165) is 11.6 Å². The SMILES string of the molecule is NC(Cc1cc(F)cc(F)c1)c1cccc(C2CCC2)c1. The van der Waals surface area contributed by atoms with Crippen molar-refractivity contribution in [2.75, 3.05) is 0 Å². The fourth-order valence-corrected chi connectivity index (χ4v) is 2.89. The number of halogens is 2. The molecule has 0 radical (unpaired) electrons. The molecule has 2 aromatic carbocycles. The lowest BCUT2D eigenvalue weighted by Crippen LogP contribution is -2.15. The van der Waals surface area contributed by atoms with Crippen LogP contribution in [0.15, 0.2) is 42.5 Å². The Morgan fingerprint density at radius 3 is 2.38 bits per heavy atom. The summed E-state index contributed by atoms with van der Waals surface area (Å²) in [4.78, 5) is 0. The van der Waals surface area contributed by atoms with Crippen molar-refractivity contribution in [3.05, 3.63) is 70.8 Å². The van der Waals surface area contributed by atoms with Crippen LogP contribution in [0.2, 0.25) is 0 Å². The smallest absolute Gasteiger partial charge is 0.126 e.